The Hall–Kier alpha value is -2.68. The first-order valence-corrected chi connectivity index (χ1v) is 7.33. The number of nitro groups is 1. The van der Waals surface area contributed by atoms with E-state index in [1.165, 1.54) is 12.2 Å². The lowest BCUT2D eigenvalue weighted by atomic mass is 10.1. The monoisotopic (exact) mass is 381 g/mol. The molecule has 0 amide bonds. The van der Waals surface area contributed by atoms with Crippen LogP contribution in [-0.2, 0) is 0 Å². The topological polar surface area (TPSA) is 118 Å². The number of H-pyrrole nitrogens is 2. The molecule has 0 aliphatic heterocycles. The minimum absolute atomic E-state index is 0.189. The summed E-state index contributed by atoms with van der Waals surface area (Å²) in [7, 11) is 0. The zero-order chi connectivity index (χ0) is 17.0. The molecular weight excluding hydrogens is 370 g/mol. The molecule has 0 unspecified atom stereocenters. The fourth-order valence-electron chi connectivity index (χ4n) is 1.91. The van der Waals surface area contributed by atoms with Gasteiger partial charge in [0.2, 0.25) is 0 Å². The van der Waals surface area contributed by atoms with Crippen LogP contribution in [0.5, 0.6) is 5.75 Å². The molecule has 8 nitrogen and oxygen atoms in total. The third-order valence-corrected chi connectivity index (χ3v) is 3.32. The van der Waals surface area contributed by atoms with Crippen molar-refractivity contribution in [2.75, 3.05) is 6.61 Å². The average molecular weight is 382 g/mol. The van der Waals surface area contributed by atoms with Crippen LogP contribution in [0.15, 0.2) is 32.3 Å². The summed E-state index contributed by atoms with van der Waals surface area (Å²) in [4.78, 5) is 37.1. The van der Waals surface area contributed by atoms with E-state index >= 15 is 0 Å². The zero-order valence-electron chi connectivity index (χ0n) is 12.0. The molecule has 120 valence electrons. The number of halogens is 1. The van der Waals surface area contributed by atoms with Gasteiger partial charge in [-0.15, -0.1) is 0 Å². The van der Waals surface area contributed by atoms with Gasteiger partial charge in [-0.2, -0.15) is 0 Å². The molecule has 0 saturated carbocycles. The smallest absolute Gasteiger partial charge is 0.357 e. The predicted octanol–water partition coefficient (Wildman–Crippen LogP) is 2.30. The van der Waals surface area contributed by atoms with E-state index in [-0.39, 0.29) is 5.69 Å². The molecule has 0 saturated heterocycles. The van der Waals surface area contributed by atoms with Gasteiger partial charge in [-0.1, -0.05) is 15.9 Å². The van der Waals surface area contributed by atoms with Gasteiger partial charge in [0, 0.05) is 10.0 Å². The molecule has 0 aliphatic rings. The normalized spacial score (nSPS) is 10.9. The maximum absolute atomic E-state index is 11.6. The van der Waals surface area contributed by atoms with Crippen molar-refractivity contribution in [1.82, 2.24) is 9.97 Å². The number of nitrogens with zero attached hydrogens (tertiary/aromatic N) is 1. The lowest BCUT2D eigenvalue weighted by Crippen LogP contribution is -2.25. The SMILES string of the molecule is CCOc1ccc(Br)cc1/C=C/c1[nH]c(=O)[nH]c(=O)c1[N+](=O)[O-]. The van der Waals surface area contributed by atoms with Crippen LogP contribution in [0.2, 0.25) is 0 Å². The number of ether oxygens (including phenoxy) is 1. The fraction of sp³-hybridized carbons (Fsp3) is 0.143. The molecule has 0 spiro atoms. The summed E-state index contributed by atoms with van der Waals surface area (Å²) in [6, 6.07) is 5.28. The van der Waals surface area contributed by atoms with Crippen molar-refractivity contribution in [2.45, 2.75) is 6.92 Å². The van der Waals surface area contributed by atoms with Crippen LogP contribution in [0, 0.1) is 10.1 Å². The molecule has 0 radical (unpaired) electrons. The third-order valence-electron chi connectivity index (χ3n) is 2.83. The van der Waals surface area contributed by atoms with Crippen molar-refractivity contribution in [3.63, 3.8) is 0 Å². The number of aromatic amines is 2. The van der Waals surface area contributed by atoms with Gasteiger partial charge in [0.15, 0.2) is 0 Å². The van der Waals surface area contributed by atoms with Crippen LogP contribution >= 0.6 is 15.9 Å². The summed E-state index contributed by atoms with van der Waals surface area (Å²) in [6.07, 6.45) is 2.81. The lowest BCUT2D eigenvalue weighted by Gasteiger charge is -2.07. The summed E-state index contributed by atoms with van der Waals surface area (Å²) < 4.78 is 6.25. The Morgan fingerprint density at radius 1 is 1.30 bits per heavy atom. The second kappa shape index (κ2) is 7.05. The number of nitrogens with one attached hydrogen (secondary N) is 2. The first-order valence-electron chi connectivity index (χ1n) is 6.53. The summed E-state index contributed by atoms with van der Waals surface area (Å²) in [5, 5.41) is 11.0. The van der Waals surface area contributed by atoms with Gasteiger partial charge in [0.05, 0.1) is 11.5 Å². The minimum atomic E-state index is -1.06. The Kier molecular flexibility index (Phi) is 5.12. The number of aromatic nitrogens is 2. The van der Waals surface area contributed by atoms with Crippen molar-refractivity contribution < 1.29 is 9.66 Å². The first-order chi connectivity index (χ1) is 10.9. The van der Waals surface area contributed by atoms with Crippen molar-refractivity contribution in [1.29, 1.82) is 0 Å². The standard InChI is InChI=1S/C14H12BrN3O5/c1-2-23-11-6-4-9(15)7-8(11)3-5-10-12(18(21)22)13(19)17-14(20)16-10/h3-7H,2H2,1H3,(H2,16,17,19,20)/b5-3+. The molecule has 2 aromatic rings. The van der Waals surface area contributed by atoms with Crippen LogP contribution in [0.3, 0.4) is 0 Å². The predicted molar refractivity (Wildman–Crippen MR) is 88.6 cm³/mol. The van der Waals surface area contributed by atoms with E-state index in [0.29, 0.717) is 17.9 Å². The highest BCUT2D eigenvalue weighted by molar-refractivity contribution is 9.10. The van der Waals surface area contributed by atoms with Crippen LogP contribution in [0.25, 0.3) is 12.2 Å². The Morgan fingerprint density at radius 2 is 2.04 bits per heavy atom. The Bertz CT molecular complexity index is 885. The van der Waals surface area contributed by atoms with E-state index in [1.807, 2.05) is 11.9 Å². The van der Waals surface area contributed by atoms with Gasteiger partial charge in [-0.3, -0.25) is 19.9 Å². The number of hydrogen-bond acceptors (Lipinski definition) is 5. The molecule has 23 heavy (non-hydrogen) atoms. The van der Waals surface area contributed by atoms with E-state index in [4.69, 9.17) is 4.74 Å². The molecule has 1 aromatic heterocycles. The van der Waals surface area contributed by atoms with Crippen LogP contribution in [0.4, 0.5) is 5.69 Å². The molecular formula is C14H12BrN3O5. The van der Waals surface area contributed by atoms with Crippen molar-refractivity contribution >= 4 is 33.8 Å². The Labute approximate surface area is 138 Å². The van der Waals surface area contributed by atoms with Gasteiger partial charge in [0.1, 0.15) is 11.4 Å². The summed E-state index contributed by atoms with van der Waals surface area (Å²) >= 11 is 3.32. The molecule has 2 N–H and O–H groups in total. The first kappa shape index (κ1) is 16.7. The Morgan fingerprint density at radius 3 is 2.70 bits per heavy atom. The van der Waals surface area contributed by atoms with Crippen molar-refractivity contribution in [2.24, 2.45) is 0 Å². The molecule has 2 rings (SSSR count). The number of hydrogen-bond donors (Lipinski definition) is 2. The molecule has 1 aromatic carbocycles. The van der Waals surface area contributed by atoms with E-state index in [9.17, 15) is 19.7 Å². The highest BCUT2D eigenvalue weighted by Gasteiger charge is 2.18. The van der Waals surface area contributed by atoms with Crippen molar-refractivity contribution in [3.05, 3.63) is 64.9 Å². The van der Waals surface area contributed by atoms with Crippen molar-refractivity contribution in [3.8, 4) is 5.75 Å². The molecule has 0 fully saturated rings. The van der Waals surface area contributed by atoms with Crippen LogP contribution < -0.4 is 16.0 Å². The van der Waals surface area contributed by atoms with Gasteiger partial charge in [0.25, 0.3) is 0 Å². The van der Waals surface area contributed by atoms with E-state index in [2.05, 4.69) is 20.9 Å². The molecule has 9 heteroatoms. The van der Waals surface area contributed by atoms with E-state index in [0.717, 1.165) is 4.47 Å². The van der Waals surface area contributed by atoms with Gasteiger partial charge in [-0.25, -0.2) is 4.79 Å². The number of benzene rings is 1. The number of rotatable bonds is 5. The fourth-order valence-corrected chi connectivity index (χ4v) is 2.29. The minimum Gasteiger partial charge on any atom is -0.493 e. The van der Waals surface area contributed by atoms with E-state index in [1.54, 1.807) is 18.2 Å². The zero-order valence-corrected chi connectivity index (χ0v) is 13.5. The summed E-state index contributed by atoms with van der Waals surface area (Å²) in [5.74, 6) is 0.571. The highest BCUT2D eigenvalue weighted by Crippen LogP contribution is 2.25. The molecule has 0 bridgehead atoms. The molecule has 0 atom stereocenters. The van der Waals surface area contributed by atoms with E-state index < -0.39 is 21.9 Å². The maximum atomic E-state index is 11.6. The van der Waals surface area contributed by atoms with Gasteiger partial charge < -0.3 is 9.72 Å². The van der Waals surface area contributed by atoms with Gasteiger partial charge in [-0.05, 0) is 37.3 Å². The third kappa shape index (κ3) is 3.95. The maximum Gasteiger partial charge on any atom is 0.357 e. The summed E-state index contributed by atoms with van der Waals surface area (Å²) in [5.41, 5.74) is -2.16. The second-order valence-corrected chi connectivity index (χ2v) is 5.29. The second-order valence-electron chi connectivity index (χ2n) is 4.38. The average Bonchev–Trinajstić information content (AvgIpc) is 2.46. The van der Waals surface area contributed by atoms with Crippen LogP contribution in [0.1, 0.15) is 18.2 Å². The lowest BCUT2D eigenvalue weighted by molar-refractivity contribution is -0.386. The van der Waals surface area contributed by atoms with Crippen LogP contribution in [-0.4, -0.2) is 21.5 Å². The van der Waals surface area contributed by atoms with Gasteiger partial charge >= 0.3 is 16.9 Å². The quantitative estimate of drug-likeness (QED) is 0.608. The summed E-state index contributed by atoms with van der Waals surface area (Å²) in [6.45, 7) is 2.28. The Balaban J connectivity index is 2.53. The highest BCUT2D eigenvalue weighted by atomic mass is 79.9. The molecule has 0 aliphatic carbocycles. The largest absolute Gasteiger partial charge is 0.493 e. The molecule has 1 heterocycles.